The van der Waals surface area contributed by atoms with E-state index in [0.29, 0.717) is 6.42 Å². The van der Waals surface area contributed by atoms with Gasteiger partial charge in [-0.05, 0) is 50.6 Å². The summed E-state index contributed by atoms with van der Waals surface area (Å²) in [5.41, 5.74) is -1.53. The summed E-state index contributed by atoms with van der Waals surface area (Å²) in [6.07, 6.45) is 0.614. The van der Waals surface area contributed by atoms with E-state index in [4.69, 9.17) is 0 Å². The van der Waals surface area contributed by atoms with Crippen molar-refractivity contribution in [1.29, 1.82) is 0 Å². The van der Waals surface area contributed by atoms with Gasteiger partial charge in [-0.3, -0.25) is 14.2 Å². The van der Waals surface area contributed by atoms with Crippen molar-refractivity contribution in [3.05, 3.63) is 64.6 Å². The fourth-order valence-electron chi connectivity index (χ4n) is 3.99. The molecule has 0 saturated carbocycles. The van der Waals surface area contributed by atoms with Crippen molar-refractivity contribution in [2.75, 3.05) is 0 Å². The number of carboxylic acid groups (broad SMARTS) is 1. The molecule has 3 rings (SSSR count). The Morgan fingerprint density at radius 3 is 2.33 bits per heavy atom. The molecule has 0 spiro atoms. The molecule has 1 atom stereocenters. The number of nitrogens with zero attached hydrogens (tertiary/aromatic N) is 1. The molecule has 0 fully saturated rings. The predicted molar refractivity (Wildman–Crippen MR) is 104 cm³/mol. The highest BCUT2D eigenvalue weighted by molar-refractivity contribution is 6.06. The predicted octanol–water partition coefficient (Wildman–Crippen LogP) is 4.90. The number of hydrogen-bond donors (Lipinski definition) is 2. The molecule has 0 radical (unpaired) electrons. The van der Waals surface area contributed by atoms with Crippen molar-refractivity contribution in [3.8, 4) is 5.75 Å². The number of carbonyl (C=O) groups excluding carboxylic acids is 1. The normalized spacial score (nSPS) is 13.4. The highest BCUT2D eigenvalue weighted by Crippen LogP contribution is 2.42. The Bertz CT molecular complexity index is 1190. The van der Waals surface area contributed by atoms with E-state index in [-0.39, 0.29) is 34.1 Å². The van der Waals surface area contributed by atoms with Gasteiger partial charge in [0.2, 0.25) is 0 Å². The van der Waals surface area contributed by atoms with Crippen LogP contribution in [0.25, 0.3) is 10.9 Å². The smallest absolute Gasteiger partial charge is 0.313 e. The van der Waals surface area contributed by atoms with Crippen LogP contribution >= 0.6 is 0 Å². The average molecular weight is 419 g/mol. The Kier molecular flexibility index (Phi) is 5.36. The molecule has 1 aromatic heterocycles. The Balaban J connectivity index is 2.41. The molecule has 2 aromatic carbocycles. The van der Waals surface area contributed by atoms with Crippen molar-refractivity contribution in [2.24, 2.45) is 0 Å². The van der Waals surface area contributed by atoms with Crippen LogP contribution in [0.15, 0.2) is 30.3 Å². The number of rotatable bonds is 5. The monoisotopic (exact) mass is 419 g/mol. The third-order valence-electron chi connectivity index (χ3n) is 5.43. The molecular formula is C22H20F3NO4. The highest BCUT2D eigenvalue weighted by atomic mass is 19.2. The fourth-order valence-corrected chi connectivity index (χ4v) is 3.99. The molecule has 3 aromatic rings. The van der Waals surface area contributed by atoms with E-state index >= 15 is 0 Å². The summed E-state index contributed by atoms with van der Waals surface area (Å²) in [7, 11) is 0. The van der Waals surface area contributed by atoms with Crippen LogP contribution in [0.1, 0.15) is 48.3 Å². The van der Waals surface area contributed by atoms with Crippen LogP contribution in [0.4, 0.5) is 13.2 Å². The van der Waals surface area contributed by atoms with Crippen molar-refractivity contribution in [2.45, 2.75) is 39.0 Å². The molecule has 8 heteroatoms. The number of phenolic OH excluding ortho intramolecular Hbond substituents is 1. The van der Waals surface area contributed by atoms with E-state index in [1.165, 1.54) is 19.9 Å². The summed E-state index contributed by atoms with van der Waals surface area (Å²) in [5.74, 6) is -6.08. The lowest BCUT2D eigenvalue weighted by Gasteiger charge is -2.25. The Labute approximate surface area is 170 Å². The molecule has 0 aliphatic heterocycles. The second kappa shape index (κ2) is 7.51. The van der Waals surface area contributed by atoms with E-state index in [1.54, 1.807) is 6.92 Å². The van der Waals surface area contributed by atoms with E-state index in [2.05, 4.69) is 0 Å². The van der Waals surface area contributed by atoms with Crippen LogP contribution in [-0.4, -0.2) is 26.7 Å². The number of benzene rings is 2. The zero-order chi connectivity index (χ0) is 22.4. The third-order valence-corrected chi connectivity index (χ3v) is 5.43. The van der Waals surface area contributed by atoms with E-state index < -0.39 is 40.5 Å². The number of fused-ring (bicyclic) bond motifs is 1. The highest BCUT2D eigenvalue weighted by Gasteiger charge is 2.41. The number of aliphatic carboxylic acids is 1. The average Bonchev–Trinajstić information content (AvgIpc) is 2.99. The van der Waals surface area contributed by atoms with Crippen LogP contribution in [-0.2, 0) is 10.2 Å². The Hall–Kier alpha value is -3.29. The van der Waals surface area contributed by atoms with Gasteiger partial charge in [0, 0.05) is 22.2 Å². The number of aromatic nitrogens is 1. The van der Waals surface area contributed by atoms with Gasteiger partial charge in [0.05, 0.1) is 10.9 Å². The molecule has 0 unspecified atom stereocenters. The van der Waals surface area contributed by atoms with E-state index in [9.17, 15) is 33.0 Å². The van der Waals surface area contributed by atoms with Crippen LogP contribution in [0.3, 0.4) is 0 Å². The van der Waals surface area contributed by atoms with E-state index in [0.717, 1.165) is 28.8 Å². The molecule has 0 amide bonds. The van der Waals surface area contributed by atoms with Gasteiger partial charge in [-0.15, -0.1) is 0 Å². The zero-order valence-electron chi connectivity index (χ0n) is 16.6. The number of phenols is 1. The molecule has 0 saturated heterocycles. The van der Waals surface area contributed by atoms with Crippen molar-refractivity contribution < 1.29 is 33.0 Å². The number of carbonyl (C=O) groups is 2. The van der Waals surface area contributed by atoms with Crippen molar-refractivity contribution in [1.82, 2.24) is 4.57 Å². The van der Waals surface area contributed by atoms with Crippen LogP contribution in [0.2, 0.25) is 0 Å². The topological polar surface area (TPSA) is 79.5 Å². The minimum Gasteiger partial charge on any atom is -0.505 e. The first-order valence-corrected chi connectivity index (χ1v) is 9.30. The van der Waals surface area contributed by atoms with Gasteiger partial charge in [0.1, 0.15) is 0 Å². The summed E-state index contributed by atoms with van der Waals surface area (Å²) in [5, 5.41) is 19.6. The molecule has 0 aliphatic carbocycles. The maximum Gasteiger partial charge on any atom is 0.313 e. The standard InChI is InChI=1S/C22H20F3NO4/c1-4-9-22(3,21(29)30)18-11(2)26(15-7-8-16(27)19(25)17(15)18)20(28)12-5-6-13(23)14(24)10-12/h5-8,10,27H,4,9H2,1-3H3,(H,29,30)/t22-/m1/s1. The number of aromatic hydroxyl groups is 1. The number of carboxylic acids is 1. The number of halogens is 3. The first-order chi connectivity index (χ1) is 14.0. The van der Waals surface area contributed by atoms with Gasteiger partial charge in [0.25, 0.3) is 5.91 Å². The molecular weight excluding hydrogens is 399 g/mol. The molecule has 30 heavy (non-hydrogen) atoms. The zero-order valence-corrected chi connectivity index (χ0v) is 16.6. The summed E-state index contributed by atoms with van der Waals surface area (Å²) >= 11 is 0. The largest absolute Gasteiger partial charge is 0.505 e. The van der Waals surface area contributed by atoms with Gasteiger partial charge >= 0.3 is 5.97 Å². The SMILES string of the molecule is CCC[C@@](C)(C(=O)O)c1c(C)n(C(=O)c2ccc(F)c(F)c2)c2ccc(O)c(F)c12. The van der Waals surface area contributed by atoms with Gasteiger partial charge < -0.3 is 10.2 Å². The molecule has 1 heterocycles. The van der Waals surface area contributed by atoms with Gasteiger partial charge in [-0.1, -0.05) is 13.3 Å². The lowest BCUT2D eigenvalue weighted by Crippen LogP contribution is -2.33. The number of hydrogen-bond acceptors (Lipinski definition) is 3. The van der Waals surface area contributed by atoms with Crippen molar-refractivity contribution in [3.63, 3.8) is 0 Å². The summed E-state index contributed by atoms with van der Waals surface area (Å²) < 4.78 is 43.0. The second-order valence-electron chi connectivity index (χ2n) is 7.41. The van der Waals surface area contributed by atoms with Crippen molar-refractivity contribution >= 4 is 22.8 Å². The Morgan fingerprint density at radius 1 is 1.10 bits per heavy atom. The van der Waals surface area contributed by atoms with Crippen LogP contribution in [0, 0.1) is 24.4 Å². The van der Waals surface area contributed by atoms with Crippen LogP contribution < -0.4 is 0 Å². The van der Waals surface area contributed by atoms with Gasteiger partial charge in [0.15, 0.2) is 23.2 Å². The molecule has 0 bridgehead atoms. The first-order valence-electron chi connectivity index (χ1n) is 9.30. The quantitative estimate of drug-likeness (QED) is 0.616. The molecule has 2 N–H and O–H groups in total. The van der Waals surface area contributed by atoms with Gasteiger partial charge in [-0.2, -0.15) is 0 Å². The van der Waals surface area contributed by atoms with E-state index in [1.807, 2.05) is 0 Å². The molecule has 158 valence electrons. The van der Waals surface area contributed by atoms with Crippen LogP contribution in [0.5, 0.6) is 5.75 Å². The minimum absolute atomic E-state index is 0.0242. The minimum atomic E-state index is -1.55. The maximum absolute atomic E-state index is 15.0. The lowest BCUT2D eigenvalue weighted by molar-refractivity contribution is -0.143. The van der Waals surface area contributed by atoms with Gasteiger partial charge in [-0.25, -0.2) is 13.2 Å². The second-order valence-corrected chi connectivity index (χ2v) is 7.41. The molecule has 0 aliphatic rings. The Morgan fingerprint density at radius 2 is 1.77 bits per heavy atom. The summed E-state index contributed by atoms with van der Waals surface area (Å²) in [4.78, 5) is 25.3. The summed E-state index contributed by atoms with van der Waals surface area (Å²) in [6, 6.07) is 4.95. The first kappa shape index (κ1) is 21.4. The maximum atomic E-state index is 15.0. The third kappa shape index (κ3) is 3.12. The molecule has 5 nitrogen and oxygen atoms in total. The summed E-state index contributed by atoms with van der Waals surface area (Å²) in [6.45, 7) is 4.66. The fraction of sp³-hybridized carbons (Fsp3) is 0.273. The lowest BCUT2D eigenvalue weighted by atomic mass is 9.77.